The summed E-state index contributed by atoms with van der Waals surface area (Å²) in [5.41, 5.74) is 6.71. The zero-order chi connectivity index (χ0) is 13.6. The van der Waals surface area contributed by atoms with E-state index in [1.54, 1.807) is 16.7 Å². The van der Waals surface area contributed by atoms with Crippen LogP contribution in [0.5, 0.6) is 0 Å². The fourth-order valence-electron chi connectivity index (χ4n) is 3.85. The summed E-state index contributed by atoms with van der Waals surface area (Å²) in [6, 6.07) is 0. The molecule has 3 heteroatoms. The van der Waals surface area contributed by atoms with Crippen LogP contribution < -0.4 is 24.8 Å². The van der Waals surface area contributed by atoms with Gasteiger partial charge in [0.2, 0.25) is 0 Å². The van der Waals surface area contributed by atoms with Crippen molar-refractivity contribution in [1.29, 1.82) is 0 Å². The number of fused-ring (bicyclic) bond motifs is 1. The van der Waals surface area contributed by atoms with Crippen molar-refractivity contribution in [2.45, 2.75) is 50.6 Å². The normalized spacial score (nSPS) is 30.5. The van der Waals surface area contributed by atoms with Crippen molar-refractivity contribution in [1.82, 2.24) is 0 Å². The van der Waals surface area contributed by atoms with Crippen LogP contribution in [0.2, 0.25) is 3.63 Å². The maximum absolute atomic E-state index is 2.45. The molecule has 21 heavy (non-hydrogen) atoms. The van der Waals surface area contributed by atoms with E-state index < -0.39 is 23.2 Å². The SMILES string of the molecule is CC1=C(C)C(C)[C]([Zr+2][CH]2CCC3CC=CC=C32)=C1C.[Cl-].[Cl-]. The van der Waals surface area contributed by atoms with E-state index in [4.69, 9.17) is 0 Å². The molecule has 1 fully saturated rings. The van der Waals surface area contributed by atoms with E-state index in [1.807, 2.05) is 8.85 Å². The Hall–Kier alpha value is 0.423. The largest absolute Gasteiger partial charge is 1.00 e. The van der Waals surface area contributed by atoms with E-state index in [9.17, 15) is 0 Å². The minimum atomic E-state index is -0.444. The average molecular weight is 403 g/mol. The van der Waals surface area contributed by atoms with Gasteiger partial charge in [-0.25, -0.2) is 0 Å². The molecule has 3 unspecified atom stereocenters. The fourth-order valence-corrected chi connectivity index (χ4v) is 8.91. The van der Waals surface area contributed by atoms with Gasteiger partial charge in [-0.2, -0.15) is 0 Å². The molecule has 3 rings (SSSR count). The second-order valence-electron chi connectivity index (χ2n) is 6.37. The number of hydrogen-bond acceptors (Lipinski definition) is 0. The van der Waals surface area contributed by atoms with Gasteiger partial charge in [-0.1, -0.05) is 0 Å². The third-order valence-corrected chi connectivity index (χ3v) is 10.6. The molecular formula is C18H24Cl2Zr. The van der Waals surface area contributed by atoms with Crippen molar-refractivity contribution < 1.29 is 48.0 Å². The molecule has 3 aliphatic rings. The van der Waals surface area contributed by atoms with Gasteiger partial charge >= 0.3 is 129 Å². The molecule has 0 aromatic rings. The molecule has 114 valence electrons. The molecule has 1 saturated carbocycles. The van der Waals surface area contributed by atoms with Crippen LogP contribution in [0.25, 0.3) is 0 Å². The number of rotatable bonds is 2. The molecule has 0 aromatic heterocycles. The van der Waals surface area contributed by atoms with E-state index in [-0.39, 0.29) is 24.8 Å². The van der Waals surface area contributed by atoms with Gasteiger partial charge in [0.05, 0.1) is 0 Å². The van der Waals surface area contributed by atoms with E-state index in [1.165, 1.54) is 19.3 Å². The molecule has 0 nitrogen and oxygen atoms in total. The monoisotopic (exact) mass is 400 g/mol. The predicted octanol–water partition coefficient (Wildman–Crippen LogP) is -0.578. The Morgan fingerprint density at radius 3 is 2.38 bits per heavy atom. The summed E-state index contributed by atoms with van der Waals surface area (Å²) in [6.07, 6.45) is 11.4. The third kappa shape index (κ3) is 3.51. The van der Waals surface area contributed by atoms with Crippen LogP contribution in [0.4, 0.5) is 0 Å². The van der Waals surface area contributed by atoms with Crippen molar-refractivity contribution in [2.75, 3.05) is 0 Å². The molecule has 0 aromatic carbocycles. The first-order chi connectivity index (χ1) is 9.09. The summed E-state index contributed by atoms with van der Waals surface area (Å²) in [5.74, 6) is 1.66. The molecule has 0 heterocycles. The molecule has 0 aliphatic heterocycles. The summed E-state index contributed by atoms with van der Waals surface area (Å²) in [5, 5.41) is 0. The molecule has 3 aliphatic carbocycles. The third-order valence-electron chi connectivity index (χ3n) is 5.49. The second kappa shape index (κ2) is 7.80. The first-order valence-corrected chi connectivity index (χ1v) is 10.3. The van der Waals surface area contributed by atoms with E-state index in [0.717, 1.165) is 15.5 Å². The zero-order valence-corrected chi connectivity index (χ0v) is 17.3. The van der Waals surface area contributed by atoms with Gasteiger partial charge < -0.3 is 24.8 Å². The minimum absolute atomic E-state index is 0. The van der Waals surface area contributed by atoms with Gasteiger partial charge in [-0.15, -0.1) is 0 Å². The number of hydrogen-bond donors (Lipinski definition) is 0. The Morgan fingerprint density at radius 2 is 1.76 bits per heavy atom. The van der Waals surface area contributed by atoms with Gasteiger partial charge in [0, 0.05) is 0 Å². The first kappa shape index (κ1) is 19.5. The summed E-state index contributed by atoms with van der Waals surface area (Å²) in [7, 11) is 0. The first-order valence-electron chi connectivity index (χ1n) is 7.61. The van der Waals surface area contributed by atoms with Crippen LogP contribution in [0.1, 0.15) is 47.0 Å². The minimum Gasteiger partial charge on any atom is -1.00 e. The maximum atomic E-state index is 2.45. The Kier molecular flexibility index (Phi) is 7.23. The van der Waals surface area contributed by atoms with Crippen LogP contribution in [0, 0.1) is 11.8 Å². The van der Waals surface area contributed by atoms with Gasteiger partial charge in [0.25, 0.3) is 0 Å². The van der Waals surface area contributed by atoms with Crippen LogP contribution in [0.3, 0.4) is 0 Å². The molecule has 0 amide bonds. The van der Waals surface area contributed by atoms with Gasteiger partial charge in [-0.3, -0.25) is 0 Å². The fraction of sp³-hybridized carbons (Fsp3) is 0.556. The van der Waals surface area contributed by atoms with Crippen LogP contribution >= 0.6 is 0 Å². The van der Waals surface area contributed by atoms with Crippen molar-refractivity contribution in [3.05, 3.63) is 43.8 Å². The zero-order valence-electron chi connectivity index (χ0n) is 13.3. The van der Waals surface area contributed by atoms with Crippen LogP contribution in [-0.2, 0) is 23.2 Å². The summed E-state index contributed by atoms with van der Waals surface area (Å²) < 4.78 is 2.88. The molecule has 0 spiro atoms. The van der Waals surface area contributed by atoms with Crippen molar-refractivity contribution in [3.63, 3.8) is 0 Å². The summed E-state index contributed by atoms with van der Waals surface area (Å²) in [6.45, 7) is 9.48. The van der Waals surface area contributed by atoms with Crippen molar-refractivity contribution in [2.24, 2.45) is 11.8 Å². The van der Waals surface area contributed by atoms with Crippen LogP contribution in [0.15, 0.2) is 43.8 Å². The Labute approximate surface area is 153 Å². The van der Waals surface area contributed by atoms with E-state index >= 15 is 0 Å². The molecule has 0 N–H and O–H groups in total. The molecule has 3 atom stereocenters. The van der Waals surface area contributed by atoms with E-state index in [2.05, 4.69) is 45.9 Å². The van der Waals surface area contributed by atoms with Gasteiger partial charge in [0.1, 0.15) is 0 Å². The quantitative estimate of drug-likeness (QED) is 0.580. The Bertz CT molecular complexity index is 525. The number of halogens is 2. The topological polar surface area (TPSA) is 0 Å². The Balaban J connectivity index is 0.00000110. The summed E-state index contributed by atoms with van der Waals surface area (Å²) >= 11 is -0.444. The second-order valence-corrected chi connectivity index (χ2v) is 10.1. The average Bonchev–Trinajstić information content (AvgIpc) is 2.91. The smallest absolute Gasteiger partial charge is 1.00 e. The molecular weight excluding hydrogens is 378 g/mol. The van der Waals surface area contributed by atoms with Gasteiger partial charge in [-0.05, 0) is 0 Å². The van der Waals surface area contributed by atoms with Crippen molar-refractivity contribution >= 4 is 0 Å². The number of allylic oxidation sites excluding steroid dienone is 8. The summed E-state index contributed by atoms with van der Waals surface area (Å²) in [4.78, 5) is 0. The van der Waals surface area contributed by atoms with Crippen molar-refractivity contribution in [3.8, 4) is 0 Å². The van der Waals surface area contributed by atoms with Gasteiger partial charge in [0.15, 0.2) is 0 Å². The molecule has 0 bridgehead atoms. The van der Waals surface area contributed by atoms with E-state index in [0.29, 0.717) is 0 Å². The standard InChI is InChI=1S/C9H11.C9H13.2ClH.Zr/c1-2-5-9-7-3-6-8(9)4-1;1-6-5-7(2)9(4)8(6)3;;;/h1-2,4,6,9H,3,5,7H2;6H,1-4H3;2*1H;/q;;;;+2/p-2. The molecule has 0 saturated heterocycles. The predicted molar refractivity (Wildman–Crippen MR) is 78.6 cm³/mol. The Morgan fingerprint density at radius 1 is 1.05 bits per heavy atom. The maximum Gasteiger partial charge on any atom is -1.00 e. The van der Waals surface area contributed by atoms with Crippen LogP contribution in [-0.4, -0.2) is 0 Å². The molecule has 0 radical (unpaired) electrons.